The van der Waals surface area contributed by atoms with E-state index >= 15 is 0 Å². The molecule has 0 spiro atoms. The number of benzene rings is 2. The van der Waals surface area contributed by atoms with Gasteiger partial charge in [-0.15, -0.1) is 0 Å². The van der Waals surface area contributed by atoms with Gasteiger partial charge in [0.15, 0.2) is 0 Å². The quantitative estimate of drug-likeness (QED) is 0.804. The molecule has 0 aliphatic heterocycles. The molecule has 2 rings (SSSR count). The van der Waals surface area contributed by atoms with Crippen LogP contribution in [-0.2, 0) is 12.8 Å². The number of nitrogens with one attached hydrogen (secondary N) is 1. The lowest BCUT2D eigenvalue weighted by atomic mass is 10.1. The van der Waals surface area contributed by atoms with E-state index in [2.05, 4.69) is 36.5 Å². The van der Waals surface area contributed by atoms with Crippen LogP contribution in [0.25, 0.3) is 0 Å². The minimum absolute atomic E-state index is 0.307. The smallest absolute Gasteiger partial charge is 0.125 e. The maximum absolute atomic E-state index is 12.9. The van der Waals surface area contributed by atoms with Crippen molar-refractivity contribution in [1.29, 1.82) is 0 Å². The number of halogens is 1. The van der Waals surface area contributed by atoms with Crippen molar-refractivity contribution >= 4 is 11.4 Å². The molecule has 2 nitrogen and oxygen atoms in total. The van der Waals surface area contributed by atoms with Crippen LogP contribution in [0.5, 0.6) is 0 Å². The van der Waals surface area contributed by atoms with Gasteiger partial charge in [-0.2, -0.15) is 0 Å². The molecule has 2 aromatic carbocycles. The average molecular weight is 258 g/mol. The van der Waals surface area contributed by atoms with Gasteiger partial charge in [0.05, 0.1) is 11.4 Å². The Morgan fingerprint density at radius 1 is 1.05 bits per heavy atom. The third kappa shape index (κ3) is 3.71. The molecule has 0 fully saturated rings. The van der Waals surface area contributed by atoms with E-state index in [9.17, 15) is 4.39 Å². The van der Waals surface area contributed by atoms with Crippen molar-refractivity contribution in [3.63, 3.8) is 0 Å². The van der Waals surface area contributed by atoms with E-state index in [1.54, 1.807) is 6.07 Å². The van der Waals surface area contributed by atoms with Crippen molar-refractivity contribution in [2.75, 3.05) is 17.6 Å². The maximum atomic E-state index is 12.9. The molecule has 3 N–H and O–H groups in total. The van der Waals surface area contributed by atoms with Crippen molar-refractivity contribution in [3.05, 3.63) is 59.4 Å². The highest BCUT2D eigenvalue weighted by Gasteiger charge is 2.00. The van der Waals surface area contributed by atoms with Crippen molar-refractivity contribution in [2.24, 2.45) is 0 Å². The first-order chi connectivity index (χ1) is 9.19. The van der Waals surface area contributed by atoms with Crippen molar-refractivity contribution in [2.45, 2.75) is 19.8 Å². The van der Waals surface area contributed by atoms with E-state index in [0.29, 0.717) is 5.69 Å². The molecule has 0 heterocycles. The lowest BCUT2D eigenvalue weighted by Gasteiger charge is -2.09. The van der Waals surface area contributed by atoms with Crippen LogP contribution in [0.4, 0.5) is 15.8 Å². The molecule has 0 saturated heterocycles. The standard InChI is InChI=1S/C16H19FN2/c1-2-12-3-5-13(6-4-12)9-10-19-16-8-7-14(17)11-15(16)18/h3-8,11,19H,2,9-10,18H2,1H3. The number of nitrogen functional groups attached to an aromatic ring is 1. The van der Waals surface area contributed by atoms with Gasteiger partial charge in [0.25, 0.3) is 0 Å². The third-order valence-corrected chi connectivity index (χ3v) is 3.17. The number of rotatable bonds is 5. The van der Waals surface area contributed by atoms with Gasteiger partial charge >= 0.3 is 0 Å². The molecular formula is C16H19FN2. The lowest BCUT2D eigenvalue weighted by molar-refractivity contribution is 0.628. The highest BCUT2D eigenvalue weighted by Crippen LogP contribution is 2.19. The second-order valence-electron chi connectivity index (χ2n) is 4.58. The molecule has 0 aliphatic rings. The van der Waals surface area contributed by atoms with Gasteiger partial charge in [0, 0.05) is 6.54 Å². The monoisotopic (exact) mass is 258 g/mol. The minimum atomic E-state index is -0.307. The summed E-state index contributed by atoms with van der Waals surface area (Å²) in [5, 5.41) is 3.23. The summed E-state index contributed by atoms with van der Waals surface area (Å²) in [4.78, 5) is 0. The summed E-state index contributed by atoms with van der Waals surface area (Å²) in [6.45, 7) is 2.93. The lowest BCUT2D eigenvalue weighted by Crippen LogP contribution is -2.07. The number of aryl methyl sites for hydroxylation is 1. The molecule has 100 valence electrons. The van der Waals surface area contributed by atoms with Gasteiger partial charge in [-0.05, 0) is 42.2 Å². The number of anilines is 2. The fourth-order valence-corrected chi connectivity index (χ4v) is 1.98. The van der Waals surface area contributed by atoms with Crippen molar-refractivity contribution in [1.82, 2.24) is 0 Å². The summed E-state index contributed by atoms with van der Waals surface area (Å²) in [6.07, 6.45) is 1.98. The van der Waals surface area contributed by atoms with E-state index in [0.717, 1.165) is 25.1 Å². The minimum Gasteiger partial charge on any atom is -0.397 e. The van der Waals surface area contributed by atoms with Crippen LogP contribution < -0.4 is 11.1 Å². The summed E-state index contributed by atoms with van der Waals surface area (Å²) in [6, 6.07) is 13.0. The Morgan fingerprint density at radius 3 is 2.37 bits per heavy atom. The fraction of sp³-hybridized carbons (Fsp3) is 0.250. The predicted molar refractivity (Wildman–Crippen MR) is 78.8 cm³/mol. The molecule has 3 heteroatoms. The molecule has 2 aromatic rings. The Hall–Kier alpha value is -2.03. The Kier molecular flexibility index (Phi) is 4.39. The first-order valence-electron chi connectivity index (χ1n) is 6.55. The highest BCUT2D eigenvalue weighted by atomic mass is 19.1. The molecule has 0 unspecified atom stereocenters. The van der Waals surface area contributed by atoms with Crippen LogP contribution in [-0.4, -0.2) is 6.54 Å². The number of hydrogen-bond donors (Lipinski definition) is 2. The number of hydrogen-bond acceptors (Lipinski definition) is 2. The summed E-state index contributed by atoms with van der Waals surface area (Å²) in [5.41, 5.74) is 9.60. The van der Waals surface area contributed by atoms with Gasteiger partial charge in [0.2, 0.25) is 0 Å². The molecule has 0 aromatic heterocycles. The summed E-state index contributed by atoms with van der Waals surface area (Å²) >= 11 is 0. The van der Waals surface area contributed by atoms with Crippen LogP contribution in [0.15, 0.2) is 42.5 Å². The van der Waals surface area contributed by atoms with Gasteiger partial charge < -0.3 is 11.1 Å². The van der Waals surface area contributed by atoms with E-state index < -0.39 is 0 Å². The van der Waals surface area contributed by atoms with Gasteiger partial charge in [-0.1, -0.05) is 31.2 Å². The predicted octanol–water partition coefficient (Wildman–Crippen LogP) is 3.62. The van der Waals surface area contributed by atoms with E-state index in [1.165, 1.54) is 23.3 Å². The summed E-state index contributed by atoms with van der Waals surface area (Å²) in [7, 11) is 0. The Labute approximate surface area is 113 Å². The Morgan fingerprint density at radius 2 is 1.74 bits per heavy atom. The fourth-order valence-electron chi connectivity index (χ4n) is 1.98. The van der Waals surface area contributed by atoms with Crippen LogP contribution in [0, 0.1) is 5.82 Å². The Balaban J connectivity index is 1.88. The molecular weight excluding hydrogens is 239 g/mol. The van der Waals surface area contributed by atoms with Crippen LogP contribution in [0.2, 0.25) is 0 Å². The topological polar surface area (TPSA) is 38.0 Å². The zero-order valence-electron chi connectivity index (χ0n) is 11.1. The van der Waals surface area contributed by atoms with E-state index in [1.807, 2.05) is 0 Å². The van der Waals surface area contributed by atoms with E-state index in [4.69, 9.17) is 5.73 Å². The molecule has 0 aliphatic carbocycles. The van der Waals surface area contributed by atoms with Gasteiger partial charge in [-0.3, -0.25) is 0 Å². The molecule has 19 heavy (non-hydrogen) atoms. The normalized spacial score (nSPS) is 10.4. The van der Waals surface area contributed by atoms with Gasteiger partial charge in [0.1, 0.15) is 5.82 Å². The second kappa shape index (κ2) is 6.23. The highest BCUT2D eigenvalue weighted by molar-refractivity contribution is 5.65. The largest absolute Gasteiger partial charge is 0.397 e. The molecule has 0 saturated carbocycles. The van der Waals surface area contributed by atoms with Gasteiger partial charge in [-0.25, -0.2) is 4.39 Å². The van der Waals surface area contributed by atoms with Crippen LogP contribution >= 0.6 is 0 Å². The first kappa shape index (κ1) is 13.4. The summed E-state index contributed by atoms with van der Waals surface area (Å²) in [5.74, 6) is -0.307. The number of nitrogens with two attached hydrogens (primary N) is 1. The maximum Gasteiger partial charge on any atom is 0.125 e. The average Bonchev–Trinajstić information content (AvgIpc) is 2.42. The second-order valence-corrected chi connectivity index (χ2v) is 4.58. The van der Waals surface area contributed by atoms with E-state index in [-0.39, 0.29) is 5.82 Å². The zero-order chi connectivity index (χ0) is 13.7. The molecule has 0 bridgehead atoms. The van der Waals surface area contributed by atoms with Crippen molar-refractivity contribution < 1.29 is 4.39 Å². The first-order valence-corrected chi connectivity index (χ1v) is 6.55. The third-order valence-electron chi connectivity index (χ3n) is 3.17. The van der Waals surface area contributed by atoms with Crippen LogP contribution in [0.3, 0.4) is 0 Å². The van der Waals surface area contributed by atoms with Crippen LogP contribution in [0.1, 0.15) is 18.1 Å². The molecule has 0 amide bonds. The summed E-state index contributed by atoms with van der Waals surface area (Å²) < 4.78 is 12.9. The Bertz CT molecular complexity index is 535. The SMILES string of the molecule is CCc1ccc(CCNc2ccc(F)cc2N)cc1. The van der Waals surface area contributed by atoms with Crippen molar-refractivity contribution in [3.8, 4) is 0 Å². The molecule has 0 radical (unpaired) electrons. The zero-order valence-corrected chi connectivity index (χ0v) is 11.1. The molecule has 0 atom stereocenters.